The topological polar surface area (TPSA) is 91.3 Å². The van der Waals surface area contributed by atoms with E-state index in [1.807, 2.05) is 4.90 Å². The first-order chi connectivity index (χ1) is 13.2. The number of carbonyl (C=O) groups is 2. The van der Waals surface area contributed by atoms with Crippen molar-refractivity contribution in [2.24, 2.45) is 0 Å². The first-order valence-electron chi connectivity index (χ1n) is 9.29. The van der Waals surface area contributed by atoms with Crippen molar-refractivity contribution in [1.29, 1.82) is 0 Å². The van der Waals surface area contributed by atoms with E-state index in [9.17, 15) is 19.1 Å². The lowest BCUT2D eigenvalue weighted by Crippen LogP contribution is -2.40. The zero-order valence-corrected chi connectivity index (χ0v) is 16.3. The summed E-state index contributed by atoms with van der Waals surface area (Å²) in [6, 6.07) is 3.83. The third-order valence-corrected chi connectivity index (χ3v) is 4.63. The fraction of sp³-hybridized carbons (Fsp3) is 0.579. The molecule has 8 nitrogen and oxygen atoms in total. The van der Waals surface area contributed by atoms with E-state index in [0.717, 1.165) is 0 Å². The molecule has 2 heterocycles. The number of alkyl carbamates (subject to hydrolysis) is 1. The molecule has 0 aliphatic carbocycles. The summed E-state index contributed by atoms with van der Waals surface area (Å²) in [4.78, 5) is 26.9. The number of cyclic esters (lactones) is 1. The molecule has 28 heavy (non-hydrogen) atoms. The van der Waals surface area contributed by atoms with Crippen LogP contribution in [-0.2, 0) is 9.47 Å². The Labute approximate surface area is 163 Å². The van der Waals surface area contributed by atoms with Crippen LogP contribution < -0.4 is 15.1 Å². The molecule has 1 aromatic carbocycles. The number of carbonyl (C=O) groups excluding carboxylic acids is 2. The van der Waals surface area contributed by atoms with Crippen molar-refractivity contribution in [3.63, 3.8) is 0 Å². The van der Waals surface area contributed by atoms with Crippen molar-refractivity contribution in [1.82, 2.24) is 5.32 Å². The molecule has 2 amide bonds. The van der Waals surface area contributed by atoms with Crippen molar-refractivity contribution in [2.75, 3.05) is 36.1 Å². The molecule has 0 bridgehead atoms. The molecule has 0 saturated carbocycles. The van der Waals surface area contributed by atoms with Gasteiger partial charge in [0.2, 0.25) is 0 Å². The Balaban J connectivity index is 1.65. The number of ether oxygens (including phenoxy) is 2. The molecule has 0 unspecified atom stereocenters. The maximum absolute atomic E-state index is 14.7. The summed E-state index contributed by atoms with van der Waals surface area (Å²) >= 11 is 0. The molecule has 2 saturated heterocycles. The van der Waals surface area contributed by atoms with Crippen LogP contribution in [0.25, 0.3) is 0 Å². The lowest BCUT2D eigenvalue weighted by atomic mass is 10.2. The monoisotopic (exact) mass is 395 g/mol. The maximum atomic E-state index is 14.7. The van der Waals surface area contributed by atoms with Gasteiger partial charge in [0.15, 0.2) is 0 Å². The Morgan fingerprint density at radius 2 is 2.18 bits per heavy atom. The molecule has 2 fully saturated rings. The van der Waals surface area contributed by atoms with E-state index in [0.29, 0.717) is 30.9 Å². The molecule has 1 aromatic rings. The Hall–Kier alpha value is -2.55. The van der Waals surface area contributed by atoms with Gasteiger partial charge in [-0.15, -0.1) is 0 Å². The fourth-order valence-corrected chi connectivity index (χ4v) is 3.38. The highest BCUT2D eigenvalue weighted by Crippen LogP contribution is 2.30. The second-order valence-corrected chi connectivity index (χ2v) is 8.00. The van der Waals surface area contributed by atoms with Crippen LogP contribution in [0.4, 0.5) is 25.4 Å². The zero-order chi connectivity index (χ0) is 20.5. The molecular weight excluding hydrogens is 369 g/mol. The van der Waals surface area contributed by atoms with Gasteiger partial charge in [0.05, 0.1) is 30.1 Å². The third-order valence-electron chi connectivity index (χ3n) is 4.63. The molecule has 154 valence electrons. The van der Waals surface area contributed by atoms with Crippen LogP contribution >= 0.6 is 0 Å². The predicted molar refractivity (Wildman–Crippen MR) is 101 cm³/mol. The van der Waals surface area contributed by atoms with Crippen molar-refractivity contribution < 1.29 is 28.6 Å². The first kappa shape index (κ1) is 20.2. The number of amides is 2. The van der Waals surface area contributed by atoms with Gasteiger partial charge in [0.25, 0.3) is 0 Å². The van der Waals surface area contributed by atoms with E-state index >= 15 is 0 Å². The lowest BCUT2D eigenvalue weighted by molar-refractivity contribution is 0.0509. The number of nitrogens with one attached hydrogen (secondary N) is 1. The number of hydrogen-bond acceptors (Lipinski definition) is 6. The number of aliphatic hydroxyl groups is 1. The highest BCUT2D eigenvalue weighted by Gasteiger charge is 2.34. The van der Waals surface area contributed by atoms with Gasteiger partial charge in [0, 0.05) is 13.1 Å². The average Bonchev–Trinajstić information content (AvgIpc) is 3.19. The van der Waals surface area contributed by atoms with Gasteiger partial charge in [-0.05, 0) is 45.4 Å². The minimum Gasteiger partial charge on any atom is -0.447 e. The van der Waals surface area contributed by atoms with Gasteiger partial charge in [-0.3, -0.25) is 4.90 Å². The van der Waals surface area contributed by atoms with E-state index in [1.165, 1.54) is 11.0 Å². The Bertz CT molecular complexity index is 752. The molecule has 0 spiro atoms. The largest absolute Gasteiger partial charge is 0.447 e. The van der Waals surface area contributed by atoms with E-state index < -0.39 is 29.6 Å². The normalized spacial score (nSPS) is 22.4. The van der Waals surface area contributed by atoms with Crippen LogP contribution in [0.3, 0.4) is 0 Å². The minimum atomic E-state index is -0.603. The average molecular weight is 395 g/mol. The van der Waals surface area contributed by atoms with Gasteiger partial charge in [-0.1, -0.05) is 0 Å². The van der Waals surface area contributed by atoms with Crippen LogP contribution in [0.1, 0.15) is 27.2 Å². The molecular formula is C19H26FN3O5. The maximum Gasteiger partial charge on any atom is 0.414 e. The summed E-state index contributed by atoms with van der Waals surface area (Å²) in [6.45, 7) is 6.23. The van der Waals surface area contributed by atoms with E-state index in [4.69, 9.17) is 9.47 Å². The summed E-state index contributed by atoms with van der Waals surface area (Å²) in [5.74, 6) is -0.480. The highest BCUT2D eigenvalue weighted by molar-refractivity contribution is 5.90. The SMILES string of the molecule is CC(C)(C)OC(=O)N[C@H]1CCN(c2ccc(N3C(=O)OC[C@H]3CO)cc2F)C1. The van der Waals surface area contributed by atoms with E-state index in [-0.39, 0.29) is 19.3 Å². The third kappa shape index (κ3) is 4.46. The smallest absolute Gasteiger partial charge is 0.414 e. The van der Waals surface area contributed by atoms with Gasteiger partial charge in [0.1, 0.15) is 18.0 Å². The number of aliphatic hydroxyl groups excluding tert-OH is 1. The van der Waals surface area contributed by atoms with Crippen molar-refractivity contribution >= 4 is 23.6 Å². The summed E-state index contributed by atoms with van der Waals surface area (Å²) in [5, 5.41) is 12.2. The van der Waals surface area contributed by atoms with Crippen LogP contribution in [0.2, 0.25) is 0 Å². The van der Waals surface area contributed by atoms with Gasteiger partial charge in [-0.25, -0.2) is 14.0 Å². The quantitative estimate of drug-likeness (QED) is 0.813. The van der Waals surface area contributed by atoms with E-state index in [2.05, 4.69) is 5.32 Å². The predicted octanol–water partition coefficient (Wildman–Crippen LogP) is 2.25. The van der Waals surface area contributed by atoms with Crippen molar-refractivity contribution in [3.8, 4) is 0 Å². The molecule has 2 atom stereocenters. The van der Waals surface area contributed by atoms with Crippen LogP contribution in [0, 0.1) is 5.82 Å². The van der Waals surface area contributed by atoms with Gasteiger partial charge >= 0.3 is 12.2 Å². The van der Waals surface area contributed by atoms with Crippen LogP contribution in [0.5, 0.6) is 0 Å². The highest BCUT2D eigenvalue weighted by atomic mass is 19.1. The Morgan fingerprint density at radius 1 is 1.43 bits per heavy atom. The lowest BCUT2D eigenvalue weighted by Gasteiger charge is -2.24. The number of rotatable bonds is 4. The summed E-state index contributed by atoms with van der Waals surface area (Å²) in [6.07, 6.45) is -0.419. The van der Waals surface area contributed by atoms with Crippen LogP contribution in [-0.4, -0.2) is 61.3 Å². The van der Waals surface area contributed by atoms with Crippen LogP contribution in [0.15, 0.2) is 18.2 Å². The minimum absolute atomic E-state index is 0.0723. The summed E-state index contributed by atoms with van der Waals surface area (Å²) < 4.78 is 24.9. The number of halogens is 1. The van der Waals surface area contributed by atoms with Crippen molar-refractivity contribution in [3.05, 3.63) is 24.0 Å². The molecule has 2 N–H and O–H groups in total. The molecule has 9 heteroatoms. The van der Waals surface area contributed by atoms with Gasteiger partial charge in [-0.2, -0.15) is 0 Å². The Morgan fingerprint density at radius 3 is 2.82 bits per heavy atom. The number of nitrogens with zero attached hydrogens (tertiary/aromatic N) is 2. The Kier molecular flexibility index (Phi) is 5.64. The number of benzene rings is 1. The first-order valence-corrected chi connectivity index (χ1v) is 9.29. The van der Waals surface area contributed by atoms with E-state index in [1.54, 1.807) is 32.9 Å². The second kappa shape index (κ2) is 7.83. The molecule has 0 aromatic heterocycles. The molecule has 3 rings (SSSR count). The summed E-state index contributed by atoms with van der Waals surface area (Å²) in [7, 11) is 0. The van der Waals surface area contributed by atoms with Gasteiger partial charge < -0.3 is 24.8 Å². The van der Waals surface area contributed by atoms with Crippen molar-refractivity contribution in [2.45, 2.75) is 44.9 Å². The molecule has 2 aliphatic rings. The number of hydrogen-bond donors (Lipinski definition) is 2. The second-order valence-electron chi connectivity index (χ2n) is 8.00. The summed E-state index contributed by atoms with van der Waals surface area (Å²) in [5.41, 5.74) is 0.156. The fourth-order valence-electron chi connectivity index (χ4n) is 3.38. The zero-order valence-electron chi connectivity index (χ0n) is 16.3. The standard InChI is InChI=1S/C19H26FN3O5/c1-19(2,3)28-17(25)21-12-6-7-22(9-12)16-5-4-13(8-15(16)20)23-14(10-24)11-27-18(23)26/h4-5,8,12,14,24H,6-7,9-11H2,1-3H3,(H,21,25)/t12-,14+/m0/s1. The molecule has 0 radical (unpaired) electrons. The number of anilines is 2. The molecule has 2 aliphatic heterocycles.